The number of rotatable bonds is 6. The number of aromatic nitrogens is 1. The first-order chi connectivity index (χ1) is 10.7. The molecule has 0 saturated carbocycles. The molecular formula is C18H25NO4. The third kappa shape index (κ3) is 3.60. The zero-order valence-corrected chi connectivity index (χ0v) is 14.6. The second kappa shape index (κ2) is 6.52. The lowest BCUT2D eigenvalue weighted by Crippen LogP contribution is -2.11. The molecule has 1 heterocycles. The van der Waals surface area contributed by atoms with Crippen LogP contribution in [0.4, 0.5) is 0 Å². The lowest BCUT2D eigenvalue weighted by Gasteiger charge is -2.17. The number of fused-ring (bicyclic) bond motifs is 1. The second-order valence-corrected chi connectivity index (χ2v) is 6.49. The number of nitrogens with zero attached hydrogens (tertiary/aromatic N) is 1. The van der Waals surface area contributed by atoms with Gasteiger partial charge in [0, 0.05) is 23.6 Å². The van der Waals surface area contributed by atoms with Gasteiger partial charge in [0.2, 0.25) is 0 Å². The van der Waals surface area contributed by atoms with Crippen molar-refractivity contribution in [2.45, 2.75) is 59.8 Å². The molecule has 1 aromatic heterocycles. The number of benzene rings is 1. The highest BCUT2D eigenvalue weighted by Gasteiger charge is 2.21. The second-order valence-electron chi connectivity index (χ2n) is 6.49. The molecule has 0 unspecified atom stereocenters. The van der Waals surface area contributed by atoms with E-state index in [0.717, 1.165) is 10.9 Å². The molecule has 0 aliphatic carbocycles. The smallest absolute Gasteiger partial charge is 0.352 e. The van der Waals surface area contributed by atoms with Gasteiger partial charge in [0.25, 0.3) is 0 Å². The highest BCUT2D eigenvalue weighted by atomic mass is 16.5. The Balaban J connectivity index is 2.75. The predicted octanol–water partition coefficient (Wildman–Crippen LogP) is 4.49. The summed E-state index contributed by atoms with van der Waals surface area (Å²) in [5, 5.41) is 10.3. The Kier molecular flexibility index (Phi) is 4.88. The van der Waals surface area contributed by atoms with Gasteiger partial charge in [0.15, 0.2) is 0 Å². The molecule has 0 amide bonds. The van der Waals surface area contributed by atoms with Crippen molar-refractivity contribution in [1.82, 2.24) is 4.57 Å². The lowest BCUT2D eigenvalue weighted by molar-refractivity contribution is 0.0684. The normalized spacial score (nSPS) is 11.7. The zero-order chi connectivity index (χ0) is 17.3. The Hall–Kier alpha value is -2.17. The van der Waals surface area contributed by atoms with Crippen molar-refractivity contribution < 1.29 is 19.4 Å². The standard InChI is InChI=1S/C18H25NO4/c1-10(2)19-15-7-13(22-11(3)4)8-17(23-12(5)6)14(15)9-16(19)18(20)21/h7-12H,1-6H3,(H,20,21). The van der Waals surface area contributed by atoms with Crippen molar-refractivity contribution in [3.8, 4) is 11.5 Å². The van der Waals surface area contributed by atoms with Crippen molar-refractivity contribution in [2.75, 3.05) is 0 Å². The Morgan fingerprint density at radius 2 is 1.61 bits per heavy atom. The third-order valence-corrected chi connectivity index (χ3v) is 3.36. The lowest BCUT2D eigenvalue weighted by atomic mass is 10.2. The van der Waals surface area contributed by atoms with Gasteiger partial charge in [-0.25, -0.2) is 4.79 Å². The number of hydrogen-bond acceptors (Lipinski definition) is 3. The molecule has 0 fully saturated rings. The first-order valence-electron chi connectivity index (χ1n) is 7.96. The fourth-order valence-electron chi connectivity index (χ4n) is 2.68. The van der Waals surface area contributed by atoms with Gasteiger partial charge in [-0.2, -0.15) is 0 Å². The first-order valence-corrected chi connectivity index (χ1v) is 7.96. The van der Waals surface area contributed by atoms with E-state index < -0.39 is 5.97 Å². The van der Waals surface area contributed by atoms with Crippen molar-refractivity contribution in [3.05, 3.63) is 23.9 Å². The van der Waals surface area contributed by atoms with E-state index in [0.29, 0.717) is 11.5 Å². The minimum Gasteiger partial charge on any atom is -0.491 e. The maximum atomic E-state index is 11.6. The van der Waals surface area contributed by atoms with E-state index in [4.69, 9.17) is 9.47 Å². The van der Waals surface area contributed by atoms with E-state index in [-0.39, 0.29) is 23.9 Å². The van der Waals surface area contributed by atoms with Crippen LogP contribution >= 0.6 is 0 Å². The van der Waals surface area contributed by atoms with Crippen LogP contribution in [0.3, 0.4) is 0 Å². The molecular weight excluding hydrogens is 294 g/mol. The molecule has 0 aliphatic rings. The quantitative estimate of drug-likeness (QED) is 0.852. The maximum absolute atomic E-state index is 11.6. The van der Waals surface area contributed by atoms with Crippen LogP contribution in [0.25, 0.3) is 10.9 Å². The summed E-state index contributed by atoms with van der Waals surface area (Å²) in [7, 11) is 0. The minimum atomic E-state index is -0.947. The van der Waals surface area contributed by atoms with Gasteiger partial charge in [-0.15, -0.1) is 0 Å². The van der Waals surface area contributed by atoms with Crippen LogP contribution in [0.1, 0.15) is 58.1 Å². The van der Waals surface area contributed by atoms with Crippen LogP contribution in [0.2, 0.25) is 0 Å². The average molecular weight is 319 g/mol. The first kappa shape index (κ1) is 17.2. The zero-order valence-electron chi connectivity index (χ0n) is 14.6. The summed E-state index contributed by atoms with van der Waals surface area (Å²) in [6.07, 6.45) is 0.0175. The monoisotopic (exact) mass is 319 g/mol. The number of carbonyl (C=O) groups is 1. The van der Waals surface area contributed by atoms with Crippen LogP contribution in [-0.2, 0) is 0 Å². The minimum absolute atomic E-state index is 0.0109. The van der Waals surface area contributed by atoms with Crippen molar-refractivity contribution in [3.63, 3.8) is 0 Å². The van der Waals surface area contributed by atoms with Gasteiger partial charge in [-0.05, 0) is 47.6 Å². The van der Waals surface area contributed by atoms with E-state index in [9.17, 15) is 9.90 Å². The number of hydrogen-bond donors (Lipinski definition) is 1. The van der Waals surface area contributed by atoms with Crippen molar-refractivity contribution in [1.29, 1.82) is 0 Å². The van der Waals surface area contributed by atoms with Gasteiger partial charge in [0.1, 0.15) is 17.2 Å². The van der Waals surface area contributed by atoms with Crippen LogP contribution < -0.4 is 9.47 Å². The molecule has 126 valence electrons. The predicted molar refractivity (Wildman–Crippen MR) is 90.8 cm³/mol. The Bertz CT molecular complexity index is 713. The molecule has 0 spiro atoms. The summed E-state index contributed by atoms with van der Waals surface area (Å²) >= 11 is 0. The van der Waals surface area contributed by atoms with Crippen LogP contribution in [0, 0.1) is 0 Å². The van der Waals surface area contributed by atoms with Gasteiger partial charge in [-0.3, -0.25) is 0 Å². The highest BCUT2D eigenvalue weighted by molar-refractivity contribution is 5.98. The van der Waals surface area contributed by atoms with Gasteiger partial charge >= 0.3 is 5.97 Å². The van der Waals surface area contributed by atoms with Crippen LogP contribution in [0.15, 0.2) is 18.2 Å². The molecule has 2 aromatic rings. The molecule has 5 heteroatoms. The van der Waals surface area contributed by atoms with Crippen molar-refractivity contribution >= 4 is 16.9 Å². The summed E-state index contributed by atoms with van der Waals surface area (Å²) < 4.78 is 13.5. The molecule has 0 aliphatic heterocycles. The molecule has 0 atom stereocenters. The summed E-state index contributed by atoms with van der Waals surface area (Å²) in [4.78, 5) is 11.6. The van der Waals surface area contributed by atoms with E-state index in [1.165, 1.54) is 0 Å². The topological polar surface area (TPSA) is 60.7 Å². The molecule has 5 nitrogen and oxygen atoms in total. The molecule has 1 N–H and O–H groups in total. The molecule has 23 heavy (non-hydrogen) atoms. The molecule has 0 radical (unpaired) electrons. The maximum Gasteiger partial charge on any atom is 0.352 e. The molecule has 0 saturated heterocycles. The number of aromatic carboxylic acids is 1. The summed E-state index contributed by atoms with van der Waals surface area (Å²) in [6.45, 7) is 11.7. The number of ether oxygens (including phenoxy) is 2. The summed E-state index contributed by atoms with van der Waals surface area (Å²) in [6, 6.07) is 5.40. The largest absolute Gasteiger partial charge is 0.491 e. The van der Waals surface area contributed by atoms with E-state index in [1.807, 2.05) is 53.7 Å². The summed E-state index contributed by atoms with van der Waals surface area (Å²) in [5.74, 6) is 0.381. The average Bonchev–Trinajstić information content (AvgIpc) is 2.76. The Labute approximate surface area is 136 Å². The Morgan fingerprint density at radius 3 is 2.09 bits per heavy atom. The van der Waals surface area contributed by atoms with Gasteiger partial charge in [0.05, 0.1) is 17.7 Å². The highest BCUT2D eigenvalue weighted by Crippen LogP contribution is 2.36. The molecule has 1 aromatic carbocycles. The number of carboxylic acid groups (broad SMARTS) is 1. The summed E-state index contributed by atoms with van der Waals surface area (Å²) in [5.41, 5.74) is 1.07. The fraction of sp³-hybridized carbons (Fsp3) is 0.500. The van der Waals surface area contributed by atoms with E-state index in [2.05, 4.69) is 0 Å². The van der Waals surface area contributed by atoms with Crippen LogP contribution in [0.5, 0.6) is 11.5 Å². The Morgan fingerprint density at radius 1 is 1.00 bits per heavy atom. The molecule has 2 rings (SSSR count). The van der Waals surface area contributed by atoms with Crippen LogP contribution in [-0.4, -0.2) is 27.9 Å². The van der Waals surface area contributed by atoms with E-state index >= 15 is 0 Å². The van der Waals surface area contributed by atoms with E-state index in [1.54, 1.807) is 10.6 Å². The third-order valence-electron chi connectivity index (χ3n) is 3.36. The molecule has 0 bridgehead atoms. The SMILES string of the molecule is CC(C)Oc1cc(OC(C)C)c2cc(C(=O)O)n(C(C)C)c2c1. The fourth-order valence-corrected chi connectivity index (χ4v) is 2.68. The number of carboxylic acids is 1. The van der Waals surface area contributed by atoms with Crippen molar-refractivity contribution in [2.24, 2.45) is 0 Å². The van der Waals surface area contributed by atoms with Gasteiger partial charge < -0.3 is 19.1 Å². The van der Waals surface area contributed by atoms with Gasteiger partial charge in [-0.1, -0.05) is 0 Å².